The van der Waals surface area contributed by atoms with Gasteiger partial charge in [-0.2, -0.15) is 0 Å². The number of nitrogens with one attached hydrogen (secondary N) is 1. The highest BCUT2D eigenvalue weighted by Crippen LogP contribution is 2.22. The van der Waals surface area contributed by atoms with E-state index >= 15 is 0 Å². The second-order valence-corrected chi connectivity index (χ2v) is 6.60. The molecule has 0 aromatic carbocycles. The molecule has 1 saturated carbocycles. The van der Waals surface area contributed by atoms with Crippen molar-refractivity contribution in [3.05, 3.63) is 48.2 Å². The van der Waals surface area contributed by atoms with Crippen LogP contribution < -0.4 is 16.8 Å². The van der Waals surface area contributed by atoms with E-state index in [0.717, 1.165) is 31.1 Å². The minimum absolute atomic E-state index is 0.303. The molecular weight excluding hydrogens is 326 g/mol. The van der Waals surface area contributed by atoms with Crippen LogP contribution in [0.1, 0.15) is 52.4 Å². The first kappa shape index (κ1) is 24.0. The van der Waals surface area contributed by atoms with Crippen molar-refractivity contribution in [3.63, 3.8) is 0 Å². The zero-order valence-electron chi connectivity index (χ0n) is 16.2. The van der Waals surface area contributed by atoms with Crippen molar-refractivity contribution < 1.29 is 9.59 Å². The van der Waals surface area contributed by atoms with Crippen LogP contribution in [0.25, 0.3) is 0 Å². The van der Waals surface area contributed by atoms with Gasteiger partial charge in [-0.15, -0.1) is 0 Å². The number of hydrogen-bond donors (Lipinski definition) is 3. The smallest absolute Gasteiger partial charge is 0.149 e. The quantitative estimate of drug-likeness (QED) is 0.333. The summed E-state index contributed by atoms with van der Waals surface area (Å²) in [6.07, 6.45) is 17.5. The third kappa shape index (κ3) is 9.49. The molecule has 5 N–H and O–H groups in total. The molecule has 0 aliphatic heterocycles. The van der Waals surface area contributed by atoms with Gasteiger partial charge >= 0.3 is 0 Å². The molecule has 0 amide bonds. The van der Waals surface area contributed by atoms with E-state index in [-0.39, 0.29) is 0 Å². The van der Waals surface area contributed by atoms with Crippen molar-refractivity contribution in [3.8, 4) is 0 Å². The highest BCUT2D eigenvalue weighted by molar-refractivity contribution is 5.78. The fourth-order valence-electron chi connectivity index (χ4n) is 2.93. The number of carbonyl (C=O) groups is 2. The number of rotatable bonds is 9. The molecule has 0 spiro atoms. The van der Waals surface area contributed by atoms with E-state index < -0.39 is 5.54 Å². The Hall–Kier alpha value is -1.98. The average molecular weight is 362 g/mol. The Labute approximate surface area is 158 Å². The van der Waals surface area contributed by atoms with Crippen LogP contribution in [0, 0.1) is 0 Å². The van der Waals surface area contributed by atoms with Crippen LogP contribution in [-0.2, 0) is 9.59 Å². The second-order valence-electron chi connectivity index (χ2n) is 6.60. The lowest BCUT2D eigenvalue weighted by molar-refractivity contribution is -0.106. The van der Waals surface area contributed by atoms with E-state index in [4.69, 9.17) is 16.3 Å². The van der Waals surface area contributed by atoms with Crippen LogP contribution >= 0.6 is 0 Å². The van der Waals surface area contributed by atoms with Gasteiger partial charge in [0.25, 0.3) is 0 Å². The highest BCUT2D eigenvalue weighted by Gasteiger charge is 2.26. The van der Waals surface area contributed by atoms with E-state index in [0.29, 0.717) is 24.6 Å². The van der Waals surface area contributed by atoms with Crippen molar-refractivity contribution in [2.75, 3.05) is 6.54 Å². The summed E-state index contributed by atoms with van der Waals surface area (Å²) < 4.78 is 0. The summed E-state index contributed by atoms with van der Waals surface area (Å²) in [4.78, 5) is 20.4. The Balaban J connectivity index is 0.00000194. The summed E-state index contributed by atoms with van der Waals surface area (Å²) in [5.41, 5.74) is 12.9. The van der Waals surface area contributed by atoms with Gasteiger partial charge in [0, 0.05) is 29.4 Å². The zero-order chi connectivity index (χ0) is 19.8. The van der Waals surface area contributed by atoms with Gasteiger partial charge in [-0.05, 0) is 33.1 Å². The first-order valence-electron chi connectivity index (χ1n) is 9.25. The van der Waals surface area contributed by atoms with E-state index in [1.807, 2.05) is 31.2 Å². The van der Waals surface area contributed by atoms with Crippen molar-refractivity contribution in [1.82, 2.24) is 5.32 Å². The molecule has 0 aromatic rings. The van der Waals surface area contributed by atoms with E-state index in [1.165, 1.54) is 26.2 Å². The first-order valence-corrected chi connectivity index (χ1v) is 9.25. The highest BCUT2D eigenvalue weighted by atomic mass is 16.1. The SMILES string of the molecule is C=C/C=C\C=C/CC(C)(N)/C(C=O)=C(/CN)NC1CCCCC1.CC=O. The van der Waals surface area contributed by atoms with Gasteiger partial charge in [0.2, 0.25) is 0 Å². The number of nitrogens with two attached hydrogens (primary N) is 2. The Kier molecular flexibility index (Phi) is 13.1. The minimum atomic E-state index is -0.739. The molecule has 26 heavy (non-hydrogen) atoms. The molecule has 1 rings (SSSR count). The van der Waals surface area contributed by atoms with Gasteiger partial charge in [0.1, 0.15) is 12.6 Å². The molecule has 146 valence electrons. The Morgan fingerprint density at radius 2 is 1.81 bits per heavy atom. The maximum absolute atomic E-state index is 11.6. The fraction of sp³-hybridized carbons (Fsp3) is 0.524. The Morgan fingerprint density at radius 3 is 2.31 bits per heavy atom. The normalized spacial score (nSPS) is 18.5. The Morgan fingerprint density at radius 1 is 1.19 bits per heavy atom. The number of aldehydes is 2. The van der Waals surface area contributed by atoms with E-state index in [1.54, 1.807) is 6.08 Å². The number of allylic oxidation sites excluding steroid dienone is 4. The number of hydrogen-bond acceptors (Lipinski definition) is 5. The zero-order valence-corrected chi connectivity index (χ0v) is 16.2. The van der Waals surface area contributed by atoms with E-state index in [9.17, 15) is 4.79 Å². The van der Waals surface area contributed by atoms with Crippen LogP contribution in [0.5, 0.6) is 0 Å². The summed E-state index contributed by atoms with van der Waals surface area (Å²) in [6.45, 7) is 7.24. The third-order valence-electron chi connectivity index (χ3n) is 4.28. The molecule has 5 heteroatoms. The largest absolute Gasteiger partial charge is 0.384 e. The predicted molar refractivity (Wildman–Crippen MR) is 110 cm³/mol. The van der Waals surface area contributed by atoms with Gasteiger partial charge in [-0.3, -0.25) is 4.79 Å². The number of carbonyl (C=O) groups excluding carboxylic acids is 2. The molecule has 1 aliphatic rings. The molecule has 0 bridgehead atoms. The van der Waals surface area contributed by atoms with Crippen molar-refractivity contribution in [1.29, 1.82) is 0 Å². The van der Waals surface area contributed by atoms with Gasteiger partial charge < -0.3 is 21.6 Å². The molecule has 5 nitrogen and oxygen atoms in total. The third-order valence-corrected chi connectivity index (χ3v) is 4.28. The average Bonchev–Trinajstić information content (AvgIpc) is 2.62. The van der Waals surface area contributed by atoms with Crippen molar-refractivity contribution in [2.45, 2.75) is 64.0 Å². The van der Waals surface area contributed by atoms with Crippen LogP contribution in [0.15, 0.2) is 48.2 Å². The standard InChI is InChI=1S/C19H31N3O.C2H4O/c1-3-4-5-6-10-13-19(2,21)17(15-23)18(14-20)22-16-11-8-7-9-12-16;1-2-3/h3-6,10,15-16,22H,1,7-9,11-14,20-21H2,2H3;2H,1H3/b5-4-,10-6-,18-17-;. The van der Waals surface area contributed by atoms with Crippen LogP contribution in [0.3, 0.4) is 0 Å². The van der Waals surface area contributed by atoms with Gasteiger partial charge in [0.05, 0.1) is 0 Å². The maximum Gasteiger partial charge on any atom is 0.149 e. The fourth-order valence-corrected chi connectivity index (χ4v) is 2.93. The van der Waals surface area contributed by atoms with Gasteiger partial charge in [-0.1, -0.05) is 56.2 Å². The summed E-state index contributed by atoms with van der Waals surface area (Å²) >= 11 is 0. The van der Waals surface area contributed by atoms with Crippen molar-refractivity contribution in [2.24, 2.45) is 11.5 Å². The molecule has 1 aliphatic carbocycles. The Bertz CT molecular complexity index is 513. The molecule has 0 radical (unpaired) electrons. The van der Waals surface area contributed by atoms with Crippen molar-refractivity contribution >= 4 is 12.6 Å². The van der Waals surface area contributed by atoms with Gasteiger partial charge in [-0.25, -0.2) is 0 Å². The molecule has 1 fully saturated rings. The molecule has 1 unspecified atom stereocenters. The minimum Gasteiger partial charge on any atom is -0.384 e. The maximum atomic E-state index is 11.6. The molecule has 0 saturated heterocycles. The van der Waals surface area contributed by atoms with Crippen LogP contribution in [0.2, 0.25) is 0 Å². The summed E-state index contributed by atoms with van der Waals surface area (Å²) in [5, 5.41) is 3.47. The monoisotopic (exact) mass is 361 g/mol. The first-order chi connectivity index (χ1) is 12.5. The lowest BCUT2D eigenvalue weighted by atomic mass is 9.87. The van der Waals surface area contributed by atoms with Crippen LogP contribution in [0.4, 0.5) is 0 Å². The summed E-state index contributed by atoms with van der Waals surface area (Å²) in [6, 6.07) is 0.402. The predicted octanol–water partition coefficient (Wildman–Crippen LogP) is 2.93. The molecular formula is C21H35N3O2. The van der Waals surface area contributed by atoms with E-state index in [2.05, 4.69) is 11.9 Å². The van der Waals surface area contributed by atoms with Gasteiger partial charge in [0.15, 0.2) is 0 Å². The molecule has 0 aromatic heterocycles. The topological polar surface area (TPSA) is 98.2 Å². The summed E-state index contributed by atoms with van der Waals surface area (Å²) in [7, 11) is 0. The molecule has 0 heterocycles. The molecule has 1 atom stereocenters. The van der Waals surface area contributed by atoms with Crippen LogP contribution in [-0.4, -0.2) is 30.7 Å². The summed E-state index contributed by atoms with van der Waals surface area (Å²) in [5.74, 6) is 0. The lowest BCUT2D eigenvalue weighted by Gasteiger charge is -2.30. The lowest BCUT2D eigenvalue weighted by Crippen LogP contribution is -2.43. The second kappa shape index (κ2) is 14.2.